The second kappa shape index (κ2) is 7.40. The summed E-state index contributed by atoms with van der Waals surface area (Å²) < 4.78 is 0. The molecule has 0 atom stereocenters. The second-order valence-electron chi connectivity index (χ2n) is 5.87. The zero-order valence-electron chi connectivity index (χ0n) is 14.1. The van der Waals surface area contributed by atoms with Crippen LogP contribution in [-0.4, -0.2) is 17.1 Å². The van der Waals surface area contributed by atoms with Crippen molar-refractivity contribution in [2.24, 2.45) is 0 Å². The van der Waals surface area contributed by atoms with Gasteiger partial charge in [-0.3, -0.25) is 4.79 Å². The van der Waals surface area contributed by atoms with Gasteiger partial charge in [0.15, 0.2) is 5.13 Å². The minimum atomic E-state index is -0.0160. The number of rotatable bonds is 6. The van der Waals surface area contributed by atoms with Gasteiger partial charge < -0.3 is 10.1 Å². The van der Waals surface area contributed by atoms with Crippen molar-refractivity contribution in [3.05, 3.63) is 75.8 Å². The van der Waals surface area contributed by atoms with E-state index in [1.165, 1.54) is 11.3 Å². The first-order valence-corrected chi connectivity index (χ1v) is 8.76. The van der Waals surface area contributed by atoms with Crippen LogP contribution in [0.3, 0.4) is 0 Å². The lowest BCUT2D eigenvalue weighted by Gasteiger charge is -2.05. The molecule has 0 saturated heterocycles. The largest absolute Gasteiger partial charge is 0.332 e. The first-order chi connectivity index (χ1) is 12.1. The predicted molar refractivity (Wildman–Crippen MR) is 101 cm³/mol. The predicted octanol–water partition coefficient (Wildman–Crippen LogP) is 4.48. The van der Waals surface area contributed by atoms with Crippen molar-refractivity contribution in [3.8, 4) is 0 Å². The van der Waals surface area contributed by atoms with Gasteiger partial charge in [0.2, 0.25) is 5.78 Å². The number of aldehydes is 1. The summed E-state index contributed by atoms with van der Waals surface area (Å²) in [6.45, 7) is 3.95. The standard InChI is InChI=1S/C20H18N2O2S/c1-13-6-7-17(14(2)10-13)19(24)18-12-21-20(25-18)22-16-5-3-4-15(11-16)8-9-23/h3-7,9-12H,8H2,1-2H3,(H,21,22). The molecular formula is C20H18N2O2S. The molecule has 0 aliphatic rings. The lowest BCUT2D eigenvalue weighted by molar-refractivity contribution is -0.107. The summed E-state index contributed by atoms with van der Waals surface area (Å²) in [5, 5.41) is 3.84. The van der Waals surface area contributed by atoms with E-state index in [9.17, 15) is 9.59 Å². The summed E-state index contributed by atoms with van der Waals surface area (Å²) in [6.07, 6.45) is 2.86. The lowest BCUT2D eigenvalue weighted by Crippen LogP contribution is -2.01. The van der Waals surface area contributed by atoms with Crippen molar-refractivity contribution in [2.75, 3.05) is 5.32 Å². The van der Waals surface area contributed by atoms with Gasteiger partial charge in [-0.2, -0.15) is 0 Å². The molecule has 3 aromatic rings. The minimum Gasteiger partial charge on any atom is -0.332 e. The molecule has 1 N–H and O–H groups in total. The summed E-state index contributed by atoms with van der Waals surface area (Å²) >= 11 is 1.32. The van der Waals surface area contributed by atoms with Gasteiger partial charge in [0.25, 0.3) is 0 Å². The SMILES string of the molecule is Cc1ccc(C(=O)c2cnc(Nc3cccc(CC=O)c3)s2)c(C)c1. The van der Waals surface area contributed by atoms with Gasteiger partial charge in [0.05, 0.1) is 11.1 Å². The Morgan fingerprint density at radius 1 is 1.20 bits per heavy atom. The van der Waals surface area contributed by atoms with E-state index >= 15 is 0 Å². The summed E-state index contributed by atoms with van der Waals surface area (Å²) in [5.74, 6) is -0.0160. The van der Waals surface area contributed by atoms with Crippen LogP contribution in [0.25, 0.3) is 0 Å². The Kier molecular flexibility index (Phi) is 5.05. The molecule has 4 nitrogen and oxygen atoms in total. The van der Waals surface area contributed by atoms with E-state index in [4.69, 9.17) is 0 Å². The number of carbonyl (C=O) groups excluding carboxylic acids is 2. The minimum absolute atomic E-state index is 0.0160. The van der Waals surface area contributed by atoms with E-state index in [-0.39, 0.29) is 5.78 Å². The number of anilines is 2. The molecule has 0 radical (unpaired) electrons. The van der Waals surface area contributed by atoms with Crippen molar-refractivity contribution in [1.82, 2.24) is 4.98 Å². The van der Waals surface area contributed by atoms with E-state index in [0.717, 1.165) is 28.7 Å². The molecule has 0 spiro atoms. The van der Waals surface area contributed by atoms with Crippen LogP contribution in [-0.2, 0) is 11.2 Å². The highest BCUT2D eigenvalue weighted by molar-refractivity contribution is 7.17. The van der Waals surface area contributed by atoms with Crippen LogP contribution in [0.2, 0.25) is 0 Å². The molecule has 5 heteroatoms. The zero-order valence-corrected chi connectivity index (χ0v) is 14.9. The molecule has 0 aliphatic heterocycles. The van der Waals surface area contributed by atoms with E-state index in [0.29, 0.717) is 22.0 Å². The molecule has 1 aromatic heterocycles. The second-order valence-corrected chi connectivity index (χ2v) is 6.90. The van der Waals surface area contributed by atoms with Crippen molar-refractivity contribution in [2.45, 2.75) is 20.3 Å². The van der Waals surface area contributed by atoms with Crippen LogP contribution in [0.4, 0.5) is 10.8 Å². The highest BCUT2D eigenvalue weighted by atomic mass is 32.1. The third kappa shape index (κ3) is 4.00. The summed E-state index contributed by atoms with van der Waals surface area (Å²) in [7, 11) is 0. The van der Waals surface area contributed by atoms with Crippen LogP contribution in [0.1, 0.15) is 31.9 Å². The Morgan fingerprint density at radius 3 is 2.80 bits per heavy atom. The first-order valence-electron chi connectivity index (χ1n) is 7.94. The smallest absolute Gasteiger partial charge is 0.204 e. The van der Waals surface area contributed by atoms with Crippen molar-refractivity contribution >= 4 is 34.2 Å². The summed E-state index contributed by atoms with van der Waals surface area (Å²) in [5.41, 5.74) is 4.58. The van der Waals surface area contributed by atoms with E-state index in [1.807, 2.05) is 56.3 Å². The average Bonchev–Trinajstić information content (AvgIpc) is 3.03. The molecule has 3 rings (SSSR count). The quantitative estimate of drug-likeness (QED) is 0.526. The van der Waals surface area contributed by atoms with Crippen molar-refractivity contribution in [1.29, 1.82) is 0 Å². The fraction of sp³-hybridized carbons (Fsp3) is 0.150. The molecule has 25 heavy (non-hydrogen) atoms. The maximum absolute atomic E-state index is 12.7. The first kappa shape index (κ1) is 17.0. The Hall–Kier alpha value is -2.79. The van der Waals surface area contributed by atoms with E-state index in [1.54, 1.807) is 6.20 Å². The highest BCUT2D eigenvalue weighted by Gasteiger charge is 2.15. The molecular weight excluding hydrogens is 332 g/mol. The summed E-state index contributed by atoms with van der Waals surface area (Å²) in [6, 6.07) is 13.4. The number of hydrogen-bond donors (Lipinski definition) is 1. The van der Waals surface area contributed by atoms with Crippen LogP contribution >= 0.6 is 11.3 Å². The van der Waals surface area contributed by atoms with Crippen LogP contribution in [0, 0.1) is 13.8 Å². The Morgan fingerprint density at radius 2 is 2.04 bits per heavy atom. The molecule has 1 heterocycles. The Bertz CT molecular complexity index is 931. The van der Waals surface area contributed by atoms with Gasteiger partial charge in [-0.15, -0.1) is 0 Å². The monoisotopic (exact) mass is 350 g/mol. The fourth-order valence-electron chi connectivity index (χ4n) is 2.63. The molecule has 0 fully saturated rings. The number of thiazole rings is 1. The zero-order chi connectivity index (χ0) is 17.8. The number of hydrogen-bond acceptors (Lipinski definition) is 5. The summed E-state index contributed by atoms with van der Waals surface area (Å²) in [4.78, 5) is 28.2. The number of ketones is 1. The van der Waals surface area contributed by atoms with Crippen LogP contribution < -0.4 is 5.32 Å². The maximum Gasteiger partial charge on any atom is 0.204 e. The number of benzene rings is 2. The van der Waals surface area contributed by atoms with Gasteiger partial charge in [0, 0.05) is 17.7 Å². The van der Waals surface area contributed by atoms with Gasteiger partial charge in [-0.1, -0.05) is 47.2 Å². The van der Waals surface area contributed by atoms with E-state index < -0.39 is 0 Å². The number of aryl methyl sites for hydroxylation is 2. The molecule has 0 saturated carbocycles. The van der Waals surface area contributed by atoms with Gasteiger partial charge in [-0.25, -0.2) is 4.98 Å². The molecule has 0 bridgehead atoms. The van der Waals surface area contributed by atoms with Gasteiger partial charge in [0.1, 0.15) is 6.29 Å². The molecule has 0 amide bonds. The van der Waals surface area contributed by atoms with Gasteiger partial charge in [-0.05, 0) is 37.1 Å². The third-order valence-corrected chi connectivity index (χ3v) is 4.76. The third-order valence-electron chi connectivity index (χ3n) is 3.85. The number of carbonyl (C=O) groups is 2. The van der Waals surface area contributed by atoms with E-state index in [2.05, 4.69) is 10.3 Å². The van der Waals surface area contributed by atoms with Crippen LogP contribution in [0.5, 0.6) is 0 Å². The Labute approximate surface area is 150 Å². The lowest BCUT2D eigenvalue weighted by atomic mass is 10.0. The van der Waals surface area contributed by atoms with Crippen molar-refractivity contribution < 1.29 is 9.59 Å². The van der Waals surface area contributed by atoms with Crippen molar-refractivity contribution in [3.63, 3.8) is 0 Å². The Balaban J connectivity index is 1.79. The van der Waals surface area contributed by atoms with Crippen LogP contribution in [0.15, 0.2) is 48.7 Å². The molecule has 2 aromatic carbocycles. The molecule has 126 valence electrons. The van der Waals surface area contributed by atoms with Gasteiger partial charge >= 0.3 is 0 Å². The number of nitrogens with zero attached hydrogens (tertiary/aromatic N) is 1. The highest BCUT2D eigenvalue weighted by Crippen LogP contribution is 2.26. The number of nitrogens with one attached hydrogen (secondary N) is 1. The normalized spacial score (nSPS) is 10.5. The average molecular weight is 350 g/mol. The fourth-order valence-corrected chi connectivity index (χ4v) is 3.42. The topological polar surface area (TPSA) is 59.1 Å². The molecule has 0 unspecified atom stereocenters. The maximum atomic E-state index is 12.7. The molecule has 0 aliphatic carbocycles. The number of aromatic nitrogens is 1.